The maximum absolute atomic E-state index is 13.6. The molecule has 0 radical (unpaired) electrons. The Kier molecular flexibility index (Phi) is 6.63. The molecule has 0 unspecified atom stereocenters. The zero-order valence-corrected chi connectivity index (χ0v) is 13.4. The first kappa shape index (κ1) is 17.3. The van der Waals surface area contributed by atoms with Crippen molar-refractivity contribution in [2.75, 3.05) is 24.8 Å². The first-order valence-corrected chi connectivity index (χ1v) is 8.38. The zero-order valence-electron chi connectivity index (χ0n) is 9.54. The highest BCUT2D eigenvalue weighted by Crippen LogP contribution is 2.31. The fourth-order valence-electron chi connectivity index (χ4n) is 1.39. The summed E-state index contributed by atoms with van der Waals surface area (Å²) in [6, 6.07) is 2.29. The van der Waals surface area contributed by atoms with Crippen molar-refractivity contribution in [3.8, 4) is 0 Å². The van der Waals surface area contributed by atoms with E-state index in [2.05, 4.69) is 0 Å². The molecule has 0 aliphatic rings. The fourth-order valence-corrected chi connectivity index (χ4v) is 4.16. The van der Waals surface area contributed by atoms with Gasteiger partial charge >= 0.3 is 0 Å². The van der Waals surface area contributed by atoms with E-state index in [1.165, 1.54) is 0 Å². The summed E-state index contributed by atoms with van der Waals surface area (Å²) in [5.41, 5.74) is 0. The van der Waals surface area contributed by atoms with Crippen molar-refractivity contribution in [2.45, 2.75) is 4.90 Å². The lowest BCUT2D eigenvalue weighted by Crippen LogP contribution is -2.34. The molecule has 19 heavy (non-hydrogen) atoms. The average Bonchev–Trinajstić information content (AvgIpc) is 2.35. The molecule has 0 aliphatic carbocycles. The van der Waals surface area contributed by atoms with E-state index in [-0.39, 0.29) is 34.8 Å². The van der Waals surface area contributed by atoms with E-state index in [1.807, 2.05) is 0 Å². The molecule has 1 rings (SSSR count). The Bertz CT molecular complexity index is 547. The van der Waals surface area contributed by atoms with Crippen LogP contribution in [-0.4, -0.2) is 37.6 Å². The number of hydrogen-bond donors (Lipinski definition) is 0. The monoisotopic (exact) mass is 367 g/mol. The Morgan fingerprint density at radius 3 is 2.11 bits per heavy atom. The lowest BCUT2D eigenvalue weighted by atomic mass is 10.3. The minimum Gasteiger partial charge on any atom is -0.207 e. The Balaban J connectivity index is 3.29. The number of sulfonamides is 1. The number of alkyl halides is 2. The number of hydrogen-bond acceptors (Lipinski definition) is 2. The maximum atomic E-state index is 13.6. The number of benzene rings is 1. The molecule has 0 fully saturated rings. The molecule has 1 aromatic carbocycles. The van der Waals surface area contributed by atoms with Crippen molar-refractivity contribution in [2.24, 2.45) is 0 Å². The van der Waals surface area contributed by atoms with Crippen LogP contribution < -0.4 is 0 Å². The van der Waals surface area contributed by atoms with E-state index in [1.54, 1.807) is 0 Å². The molecule has 0 saturated carbocycles. The second-order valence-electron chi connectivity index (χ2n) is 3.46. The van der Waals surface area contributed by atoms with Gasteiger partial charge in [-0.05, 0) is 12.1 Å². The van der Waals surface area contributed by atoms with Crippen molar-refractivity contribution in [3.05, 3.63) is 28.0 Å². The van der Waals surface area contributed by atoms with Crippen LogP contribution in [0.2, 0.25) is 10.0 Å². The SMILES string of the molecule is O=S(=O)(c1ccc(Cl)c(F)c1Cl)N(CCCl)CCCl. The third-order valence-electron chi connectivity index (χ3n) is 2.29. The van der Waals surface area contributed by atoms with Gasteiger partial charge < -0.3 is 0 Å². The first-order valence-electron chi connectivity index (χ1n) is 5.11. The van der Waals surface area contributed by atoms with Crippen LogP contribution in [0, 0.1) is 5.82 Å². The summed E-state index contributed by atoms with van der Waals surface area (Å²) in [4.78, 5) is -0.355. The fraction of sp³-hybridized carbons (Fsp3) is 0.400. The van der Waals surface area contributed by atoms with Crippen LogP contribution in [-0.2, 0) is 10.0 Å². The summed E-state index contributed by atoms with van der Waals surface area (Å²) in [5.74, 6) is -0.797. The van der Waals surface area contributed by atoms with Crippen LogP contribution in [0.3, 0.4) is 0 Å². The van der Waals surface area contributed by atoms with Crippen molar-refractivity contribution >= 4 is 56.4 Å². The van der Waals surface area contributed by atoms with E-state index in [4.69, 9.17) is 46.4 Å². The van der Waals surface area contributed by atoms with Crippen LogP contribution >= 0.6 is 46.4 Å². The van der Waals surface area contributed by atoms with Crippen molar-refractivity contribution < 1.29 is 12.8 Å². The van der Waals surface area contributed by atoms with Gasteiger partial charge in [0.2, 0.25) is 10.0 Å². The molecule has 0 aliphatic heterocycles. The van der Waals surface area contributed by atoms with E-state index in [0.29, 0.717) is 0 Å². The standard InChI is InChI=1S/C10H10Cl4FNO2S/c11-3-5-16(6-4-12)19(17,18)8-2-1-7(13)10(15)9(8)14/h1-2H,3-6H2. The highest BCUT2D eigenvalue weighted by molar-refractivity contribution is 7.89. The van der Waals surface area contributed by atoms with Crippen LogP contribution in [0.5, 0.6) is 0 Å². The maximum Gasteiger partial charge on any atom is 0.244 e. The second-order valence-corrected chi connectivity index (χ2v) is 6.90. The molecule has 0 atom stereocenters. The third kappa shape index (κ3) is 3.86. The number of nitrogens with zero attached hydrogens (tertiary/aromatic N) is 1. The van der Waals surface area contributed by atoms with Crippen molar-refractivity contribution in [3.63, 3.8) is 0 Å². The van der Waals surface area contributed by atoms with Gasteiger partial charge in [0.05, 0.1) is 10.0 Å². The second kappa shape index (κ2) is 7.29. The number of rotatable bonds is 6. The predicted molar refractivity (Wildman–Crippen MR) is 76.6 cm³/mol. The molecule has 108 valence electrons. The van der Waals surface area contributed by atoms with E-state index < -0.39 is 20.9 Å². The minimum absolute atomic E-state index is 0.0528. The molecule has 3 nitrogen and oxygen atoms in total. The lowest BCUT2D eigenvalue weighted by molar-refractivity contribution is 0.448. The summed E-state index contributed by atoms with van der Waals surface area (Å²) in [7, 11) is -3.96. The summed E-state index contributed by atoms with van der Waals surface area (Å²) >= 11 is 22.3. The van der Waals surface area contributed by atoms with Gasteiger partial charge in [-0.25, -0.2) is 12.8 Å². The smallest absolute Gasteiger partial charge is 0.207 e. The zero-order chi connectivity index (χ0) is 14.6. The molecule has 0 spiro atoms. The molecule has 9 heteroatoms. The van der Waals surface area contributed by atoms with E-state index in [9.17, 15) is 12.8 Å². The molecular formula is C10H10Cl4FNO2S. The van der Waals surface area contributed by atoms with E-state index >= 15 is 0 Å². The molecule has 0 heterocycles. The summed E-state index contributed by atoms with van der Waals surface area (Å²) in [6.07, 6.45) is 0. The third-order valence-corrected chi connectivity index (χ3v) is 5.34. The van der Waals surface area contributed by atoms with Crippen LogP contribution in [0.15, 0.2) is 17.0 Å². The van der Waals surface area contributed by atoms with Gasteiger partial charge in [-0.3, -0.25) is 0 Å². The topological polar surface area (TPSA) is 37.4 Å². The Hall–Kier alpha value is 0.220. The first-order chi connectivity index (χ1) is 8.86. The highest BCUT2D eigenvalue weighted by atomic mass is 35.5. The van der Waals surface area contributed by atoms with Crippen LogP contribution in [0.4, 0.5) is 4.39 Å². The van der Waals surface area contributed by atoms with Gasteiger partial charge in [0.1, 0.15) is 4.90 Å². The van der Waals surface area contributed by atoms with Gasteiger partial charge in [-0.1, -0.05) is 23.2 Å². The summed E-state index contributed by atoms with van der Waals surface area (Å²) in [6.45, 7) is 0.106. The van der Waals surface area contributed by atoms with E-state index in [0.717, 1.165) is 16.4 Å². The Morgan fingerprint density at radius 1 is 1.11 bits per heavy atom. The molecule has 0 bridgehead atoms. The molecule has 0 saturated heterocycles. The summed E-state index contributed by atoms with van der Waals surface area (Å²) in [5, 5.41) is -0.785. The Labute approximate surface area is 131 Å². The van der Waals surface area contributed by atoms with Gasteiger partial charge in [-0.2, -0.15) is 4.31 Å². The molecule has 0 amide bonds. The van der Waals surface area contributed by atoms with Gasteiger partial charge in [0, 0.05) is 24.8 Å². The van der Waals surface area contributed by atoms with Crippen LogP contribution in [0.25, 0.3) is 0 Å². The van der Waals surface area contributed by atoms with Gasteiger partial charge in [-0.15, -0.1) is 23.2 Å². The summed E-state index contributed by atoms with van der Waals surface area (Å²) < 4.78 is 39.2. The molecule has 0 N–H and O–H groups in total. The largest absolute Gasteiger partial charge is 0.244 e. The predicted octanol–water partition coefficient (Wildman–Crippen LogP) is 3.60. The average molecular weight is 369 g/mol. The minimum atomic E-state index is -3.96. The Morgan fingerprint density at radius 2 is 1.63 bits per heavy atom. The van der Waals surface area contributed by atoms with Crippen molar-refractivity contribution in [1.82, 2.24) is 4.31 Å². The van der Waals surface area contributed by atoms with Gasteiger partial charge in [0.15, 0.2) is 5.82 Å². The normalized spacial score (nSPS) is 12.1. The lowest BCUT2D eigenvalue weighted by Gasteiger charge is -2.21. The molecule has 0 aromatic heterocycles. The van der Waals surface area contributed by atoms with Crippen molar-refractivity contribution in [1.29, 1.82) is 0 Å². The number of halogens is 5. The van der Waals surface area contributed by atoms with Gasteiger partial charge in [0.25, 0.3) is 0 Å². The quantitative estimate of drug-likeness (QED) is 0.568. The highest BCUT2D eigenvalue weighted by Gasteiger charge is 2.28. The van der Waals surface area contributed by atoms with Crippen LogP contribution in [0.1, 0.15) is 0 Å². The molecular weight excluding hydrogens is 359 g/mol. The molecule has 1 aromatic rings.